The summed E-state index contributed by atoms with van der Waals surface area (Å²) in [6.45, 7) is 4.68. The van der Waals surface area contributed by atoms with Crippen LogP contribution in [0.4, 0.5) is 0 Å². The van der Waals surface area contributed by atoms with Gasteiger partial charge in [-0.1, -0.05) is 17.3 Å². The van der Waals surface area contributed by atoms with Crippen molar-refractivity contribution in [3.05, 3.63) is 57.6 Å². The molecule has 1 aromatic carbocycles. The highest BCUT2D eigenvalue weighted by atomic mass is 32.1. The van der Waals surface area contributed by atoms with Crippen LogP contribution in [0.5, 0.6) is 5.75 Å². The van der Waals surface area contributed by atoms with E-state index in [4.69, 9.17) is 14.0 Å². The largest absolute Gasteiger partial charge is 0.497 e. The minimum Gasteiger partial charge on any atom is -0.497 e. The first-order valence-electron chi connectivity index (χ1n) is 9.18. The van der Waals surface area contributed by atoms with Gasteiger partial charge in [-0.2, -0.15) is 4.98 Å². The van der Waals surface area contributed by atoms with Crippen LogP contribution >= 0.6 is 11.3 Å². The zero-order chi connectivity index (χ0) is 18.9. The molecule has 7 heteroatoms. The van der Waals surface area contributed by atoms with Gasteiger partial charge >= 0.3 is 0 Å². The predicted molar refractivity (Wildman–Crippen MR) is 102 cm³/mol. The fraction of sp³-hybridized carbons (Fsp3) is 0.450. The Hall–Kier alpha value is -2.25. The Labute approximate surface area is 162 Å². The van der Waals surface area contributed by atoms with Crippen LogP contribution in [-0.4, -0.2) is 28.8 Å². The maximum Gasteiger partial charge on any atom is 0.232 e. The van der Waals surface area contributed by atoms with Gasteiger partial charge in [0.2, 0.25) is 5.89 Å². The average molecular weight is 385 g/mol. The number of thiazole rings is 1. The second-order valence-corrected chi connectivity index (χ2v) is 7.67. The quantitative estimate of drug-likeness (QED) is 0.576. The number of benzene rings is 1. The zero-order valence-electron chi connectivity index (χ0n) is 15.8. The molecule has 2 heterocycles. The van der Waals surface area contributed by atoms with Crippen LogP contribution in [0.1, 0.15) is 60.8 Å². The van der Waals surface area contributed by atoms with E-state index in [0.717, 1.165) is 35.1 Å². The molecule has 2 aromatic heterocycles. The van der Waals surface area contributed by atoms with Gasteiger partial charge in [0.15, 0.2) is 5.82 Å². The molecule has 0 aliphatic heterocycles. The summed E-state index contributed by atoms with van der Waals surface area (Å²) >= 11 is 1.60. The molecule has 1 aliphatic rings. The summed E-state index contributed by atoms with van der Waals surface area (Å²) in [7, 11) is 1.68. The van der Waals surface area contributed by atoms with Gasteiger partial charge in [0.05, 0.1) is 24.6 Å². The standard InChI is InChI=1S/C20H23N3O3S/c1-4-25-13(2)18-21-15(12-27-18)11-17-22-19(23-26-17)20(8-9-20)14-6-5-7-16(10-14)24-3/h5-7,10,12-13H,4,8-9,11H2,1-3H3. The number of ether oxygens (including phenoxy) is 2. The molecule has 1 fully saturated rings. The van der Waals surface area contributed by atoms with E-state index in [-0.39, 0.29) is 11.5 Å². The summed E-state index contributed by atoms with van der Waals surface area (Å²) in [5, 5.41) is 7.28. The van der Waals surface area contributed by atoms with Crippen molar-refractivity contribution < 1.29 is 14.0 Å². The summed E-state index contributed by atoms with van der Waals surface area (Å²) in [6.07, 6.45) is 2.59. The smallest absolute Gasteiger partial charge is 0.232 e. The Morgan fingerprint density at radius 3 is 2.89 bits per heavy atom. The van der Waals surface area contributed by atoms with Crippen LogP contribution in [0.3, 0.4) is 0 Å². The fourth-order valence-electron chi connectivity index (χ4n) is 3.27. The van der Waals surface area contributed by atoms with Crippen LogP contribution in [0.25, 0.3) is 0 Å². The summed E-state index contributed by atoms with van der Waals surface area (Å²) < 4.78 is 16.5. The van der Waals surface area contributed by atoms with Crippen LogP contribution in [-0.2, 0) is 16.6 Å². The van der Waals surface area contributed by atoms with Gasteiger partial charge in [-0.25, -0.2) is 4.98 Å². The van der Waals surface area contributed by atoms with Gasteiger partial charge in [-0.15, -0.1) is 11.3 Å². The lowest BCUT2D eigenvalue weighted by Crippen LogP contribution is -2.11. The van der Waals surface area contributed by atoms with E-state index in [1.54, 1.807) is 18.4 Å². The van der Waals surface area contributed by atoms with Crippen molar-refractivity contribution in [2.45, 2.75) is 44.6 Å². The Morgan fingerprint density at radius 2 is 2.15 bits per heavy atom. The van der Waals surface area contributed by atoms with Gasteiger partial charge in [0, 0.05) is 12.0 Å². The summed E-state index contributed by atoms with van der Waals surface area (Å²) in [4.78, 5) is 9.32. The van der Waals surface area contributed by atoms with E-state index in [1.165, 1.54) is 5.56 Å². The molecule has 1 atom stereocenters. The molecule has 0 N–H and O–H groups in total. The lowest BCUT2D eigenvalue weighted by atomic mass is 9.95. The highest BCUT2D eigenvalue weighted by Crippen LogP contribution is 2.52. The summed E-state index contributed by atoms with van der Waals surface area (Å²) in [5.74, 6) is 2.20. The highest BCUT2D eigenvalue weighted by molar-refractivity contribution is 7.09. The predicted octanol–water partition coefficient (Wildman–Crippen LogP) is 4.30. The van der Waals surface area contributed by atoms with E-state index < -0.39 is 0 Å². The lowest BCUT2D eigenvalue weighted by Gasteiger charge is -2.12. The second-order valence-electron chi connectivity index (χ2n) is 6.78. The van der Waals surface area contributed by atoms with Crippen LogP contribution in [0.2, 0.25) is 0 Å². The van der Waals surface area contributed by atoms with Crippen LogP contribution in [0, 0.1) is 0 Å². The molecule has 27 heavy (non-hydrogen) atoms. The van der Waals surface area contributed by atoms with Crippen molar-refractivity contribution in [1.82, 2.24) is 15.1 Å². The molecule has 3 aromatic rings. The molecular formula is C20H23N3O3S. The maximum atomic E-state index is 5.60. The molecule has 1 aliphatic carbocycles. The van der Waals surface area contributed by atoms with Crippen LogP contribution in [0.15, 0.2) is 34.2 Å². The molecule has 0 radical (unpaired) electrons. The minimum absolute atomic E-state index is 0.00907. The molecule has 0 bridgehead atoms. The number of aromatic nitrogens is 3. The Balaban J connectivity index is 1.50. The van der Waals surface area contributed by atoms with Crippen molar-refractivity contribution in [1.29, 1.82) is 0 Å². The monoisotopic (exact) mass is 385 g/mol. The van der Waals surface area contributed by atoms with E-state index in [1.807, 2.05) is 31.4 Å². The van der Waals surface area contributed by atoms with Crippen molar-refractivity contribution in [2.75, 3.05) is 13.7 Å². The topological polar surface area (TPSA) is 70.3 Å². The minimum atomic E-state index is -0.146. The molecule has 0 saturated heterocycles. The Morgan fingerprint density at radius 1 is 1.30 bits per heavy atom. The number of rotatable bonds is 8. The van der Waals surface area contributed by atoms with Gasteiger partial charge in [0.25, 0.3) is 0 Å². The number of hydrogen-bond acceptors (Lipinski definition) is 7. The fourth-order valence-corrected chi connectivity index (χ4v) is 4.10. The molecule has 1 saturated carbocycles. The highest BCUT2D eigenvalue weighted by Gasteiger charge is 2.50. The van der Waals surface area contributed by atoms with Gasteiger partial charge in [-0.05, 0) is 44.4 Å². The molecule has 142 valence electrons. The molecule has 0 spiro atoms. The van der Waals surface area contributed by atoms with Crippen molar-refractivity contribution >= 4 is 11.3 Å². The number of methoxy groups -OCH3 is 1. The SMILES string of the molecule is CCOC(C)c1nc(Cc2nc(C3(c4cccc(OC)c4)CC3)no2)cs1. The Bertz CT molecular complexity index is 917. The number of nitrogens with zero attached hydrogens (tertiary/aromatic N) is 3. The van der Waals surface area contributed by atoms with E-state index >= 15 is 0 Å². The van der Waals surface area contributed by atoms with E-state index in [9.17, 15) is 0 Å². The first kappa shape index (κ1) is 18.1. The third kappa shape index (κ3) is 3.61. The molecule has 4 rings (SSSR count). The number of hydrogen-bond donors (Lipinski definition) is 0. The first-order chi connectivity index (χ1) is 13.1. The van der Waals surface area contributed by atoms with Crippen molar-refractivity contribution in [3.8, 4) is 5.75 Å². The van der Waals surface area contributed by atoms with Gasteiger partial charge < -0.3 is 14.0 Å². The first-order valence-corrected chi connectivity index (χ1v) is 10.1. The Kier molecular flexibility index (Phi) is 4.97. The van der Waals surface area contributed by atoms with Gasteiger partial charge in [-0.3, -0.25) is 0 Å². The molecule has 0 amide bonds. The average Bonchev–Trinajstić information content (AvgIpc) is 3.13. The molecule has 6 nitrogen and oxygen atoms in total. The summed E-state index contributed by atoms with van der Waals surface area (Å²) in [5.41, 5.74) is 1.96. The molecule has 1 unspecified atom stereocenters. The van der Waals surface area contributed by atoms with Crippen molar-refractivity contribution in [3.63, 3.8) is 0 Å². The lowest BCUT2D eigenvalue weighted by molar-refractivity contribution is 0.0761. The second kappa shape index (κ2) is 7.40. The summed E-state index contributed by atoms with van der Waals surface area (Å²) in [6, 6.07) is 8.12. The van der Waals surface area contributed by atoms with E-state index in [0.29, 0.717) is 18.9 Å². The zero-order valence-corrected chi connectivity index (χ0v) is 16.6. The maximum absolute atomic E-state index is 5.60. The normalized spacial score (nSPS) is 16.3. The van der Waals surface area contributed by atoms with Crippen LogP contribution < -0.4 is 4.74 Å². The van der Waals surface area contributed by atoms with Gasteiger partial charge in [0.1, 0.15) is 16.9 Å². The van der Waals surface area contributed by atoms with E-state index in [2.05, 4.69) is 27.3 Å². The molecular weight excluding hydrogens is 362 g/mol. The third-order valence-electron chi connectivity index (χ3n) is 4.93. The third-order valence-corrected chi connectivity index (χ3v) is 5.99. The van der Waals surface area contributed by atoms with Crippen molar-refractivity contribution in [2.24, 2.45) is 0 Å².